The maximum absolute atomic E-state index is 5.88. The lowest BCUT2D eigenvalue weighted by molar-refractivity contribution is 0.0972. The third-order valence-electron chi connectivity index (χ3n) is 4.82. The molecule has 23 heavy (non-hydrogen) atoms. The predicted octanol–water partition coefficient (Wildman–Crippen LogP) is 2.95. The fourth-order valence-electron chi connectivity index (χ4n) is 3.64. The lowest BCUT2D eigenvalue weighted by Crippen LogP contribution is -2.37. The number of rotatable bonds is 4. The van der Waals surface area contributed by atoms with E-state index >= 15 is 0 Å². The first kappa shape index (κ1) is 13.8. The second-order valence-electron chi connectivity index (χ2n) is 6.31. The van der Waals surface area contributed by atoms with Crippen molar-refractivity contribution in [3.8, 4) is 22.1 Å². The maximum Gasteiger partial charge on any atom is 0.231 e. The molecule has 1 N–H and O–H groups in total. The summed E-state index contributed by atoms with van der Waals surface area (Å²) in [6.45, 7) is 1.11. The highest BCUT2D eigenvalue weighted by Gasteiger charge is 2.40. The molecule has 3 unspecified atom stereocenters. The number of fused-ring (bicyclic) bond motifs is 3. The molecule has 5 rings (SSSR count). The van der Waals surface area contributed by atoms with Crippen LogP contribution >= 0.6 is 11.3 Å². The van der Waals surface area contributed by atoms with Crippen LogP contribution < -0.4 is 14.8 Å². The molecule has 0 spiro atoms. The van der Waals surface area contributed by atoms with Gasteiger partial charge in [-0.2, -0.15) is 0 Å². The van der Waals surface area contributed by atoms with Gasteiger partial charge in [-0.3, -0.25) is 0 Å². The van der Waals surface area contributed by atoms with Gasteiger partial charge in [-0.05, 0) is 37.5 Å². The summed E-state index contributed by atoms with van der Waals surface area (Å²) in [6.07, 6.45) is 4.46. The average Bonchev–Trinajstić information content (AvgIpc) is 3.35. The molecule has 2 aromatic rings. The van der Waals surface area contributed by atoms with E-state index in [9.17, 15) is 0 Å². The lowest BCUT2D eigenvalue weighted by atomic mass is 9.95. The van der Waals surface area contributed by atoms with Crippen LogP contribution in [0.2, 0.25) is 0 Å². The number of aromatic nitrogens is 1. The van der Waals surface area contributed by atoms with E-state index in [0.29, 0.717) is 25.0 Å². The molecule has 2 fully saturated rings. The van der Waals surface area contributed by atoms with Crippen LogP contribution in [0.25, 0.3) is 10.6 Å². The van der Waals surface area contributed by atoms with Crippen molar-refractivity contribution in [3.05, 3.63) is 29.3 Å². The molecule has 0 saturated carbocycles. The Morgan fingerprint density at radius 1 is 1.22 bits per heavy atom. The topological polar surface area (TPSA) is 52.6 Å². The molecule has 0 amide bonds. The fourth-order valence-corrected chi connectivity index (χ4v) is 4.46. The van der Waals surface area contributed by atoms with Crippen LogP contribution in [0.4, 0.5) is 0 Å². The minimum atomic E-state index is 0.303. The molecule has 2 saturated heterocycles. The number of ether oxygens (including phenoxy) is 3. The molecule has 3 aliphatic heterocycles. The average molecular weight is 330 g/mol. The van der Waals surface area contributed by atoms with Gasteiger partial charge in [0.25, 0.3) is 0 Å². The molecule has 3 atom stereocenters. The Labute approximate surface area is 138 Å². The third kappa shape index (κ3) is 2.51. The van der Waals surface area contributed by atoms with Crippen LogP contribution in [-0.2, 0) is 11.3 Å². The second-order valence-corrected chi connectivity index (χ2v) is 7.17. The van der Waals surface area contributed by atoms with E-state index in [1.54, 1.807) is 11.3 Å². The quantitative estimate of drug-likeness (QED) is 0.934. The maximum atomic E-state index is 5.88. The van der Waals surface area contributed by atoms with Gasteiger partial charge in [0.15, 0.2) is 11.5 Å². The summed E-state index contributed by atoms with van der Waals surface area (Å²) in [7, 11) is 0. The molecule has 5 nitrogen and oxygen atoms in total. The van der Waals surface area contributed by atoms with Gasteiger partial charge < -0.3 is 19.5 Å². The number of nitrogens with zero attached hydrogens (tertiary/aromatic N) is 1. The van der Waals surface area contributed by atoms with E-state index in [4.69, 9.17) is 19.2 Å². The van der Waals surface area contributed by atoms with Crippen molar-refractivity contribution in [3.63, 3.8) is 0 Å². The van der Waals surface area contributed by atoms with E-state index in [1.165, 1.54) is 12.8 Å². The molecule has 120 valence electrons. The highest BCUT2D eigenvalue weighted by Crippen LogP contribution is 2.37. The van der Waals surface area contributed by atoms with Crippen LogP contribution in [-0.4, -0.2) is 30.0 Å². The molecular formula is C17H18N2O3S. The minimum Gasteiger partial charge on any atom is -0.454 e. The van der Waals surface area contributed by atoms with E-state index < -0.39 is 0 Å². The summed E-state index contributed by atoms with van der Waals surface area (Å²) < 4.78 is 16.7. The van der Waals surface area contributed by atoms with Gasteiger partial charge in [-0.15, -0.1) is 11.3 Å². The van der Waals surface area contributed by atoms with Gasteiger partial charge in [0.1, 0.15) is 5.01 Å². The van der Waals surface area contributed by atoms with Crippen LogP contribution in [0, 0.1) is 0 Å². The van der Waals surface area contributed by atoms with Crippen molar-refractivity contribution >= 4 is 11.3 Å². The van der Waals surface area contributed by atoms with Gasteiger partial charge in [-0.1, -0.05) is 0 Å². The summed E-state index contributed by atoms with van der Waals surface area (Å²) >= 11 is 1.67. The molecule has 0 radical (unpaired) electrons. The van der Waals surface area contributed by atoms with Crippen LogP contribution in [0.3, 0.4) is 0 Å². The van der Waals surface area contributed by atoms with Crippen molar-refractivity contribution in [1.82, 2.24) is 10.3 Å². The highest BCUT2D eigenvalue weighted by atomic mass is 32.1. The summed E-state index contributed by atoms with van der Waals surface area (Å²) in [5.74, 6) is 1.61. The van der Waals surface area contributed by atoms with Crippen molar-refractivity contribution in [2.45, 2.75) is 44.1 Å². The van der Waals surface area contributed by atoms with Gasteiger partial charge in [0, 0.05) is 23.5 Å². The van der Waals surface area contributed by atoms with E-state index in [0.717, 1.165) is 40.7 Å². The third-order valence-corrected chi connectivity index (χ3v) is 5.76. The van der Waals surface area contributed by atoms with Crippen LogP contribution in [0.1, 0.15) is 25.0 Å². The van der Waals surface area contributed by atoms with Gasteiger partial charge >= 0.3 is 0 Å². The zero-order valence-corrected chi connectivity index (χ0v) is 13.5. The first-order valence-electron chi connectivity index (χ1n) is 8.08. The summed E-state index contributed by atoms with van der Waals surface area (Å²) in [4.78, 5) is 4.75. The normalized spacial score (nSPS) is 27.7. The Kier molecular flexibility index (Phi) is 3.28. The molecule has 6 heteroatoms. The van der Waals surface area contributed by atoms with Crippen LogP contribution in [0.15, 0.2) is 23.6 Å². The number of nitrogens with one attached hydrogen (secondary N) is 1. The summed E-state index contributed by atoms with van der Waals surface area (Å²) in [5.41, 5.74) is 2.17. The Morgan fingerprint density at radius 2 is 2.17 bits per heavy atom. The van der Waals surface area contributed by atoms with Crippen molar-refractivity contribution in [2.24, 2.45) is 0 Å². The standard InChI is InChI=1S/C17H18N2O3S/c1-3-15-16(21-9-20-15)5-10(1)17-19-11(8-23-17)7-18-13-6-12-2-4-14(13)22-12/h1,3,5,8,12-14,18H,2,4,6-7,9H2. The number of hydrogen-bond acceptors (Lipinski definition) is 6. The number of hydrogen-bond donors (Lipinski definition) is 1. The summed E-state index contributed by atoms with van der Waals surface area (Å²) in [6, 6.07) is 6.48. The Bertz CT molecular complexity index is 732. The zero-order chi connectivity index (χ0) is 15.2. The number of benzene rings is 1. The molecule has 0 aliphatic carbocycles. The van der Waals surface area contributed by atoms with Gasteiger partial charge in [0.2, 0.25) is 6.79 Å². The van der Waals surface area contributed by atoms with E-state index in [-0.39, 0.29) is 0 Å². The largest absolute Gasteiger partial charge is 0.454 e. The highest BCUT2D eigenvalue weighted by molar-refractivity contribution is 7.13. The Balaban J connectivity index is 1.27. The van der Waals surface area contributed by atoms with Crippen LogP contribution in [0.5, 0.6) is 11.5 Å². The smallest absolute Gasteiger partial charge is 0.231 e. The Morgan fingerprint density at radius 3 is 3.04 bits per heavy atom. The van der Waals surface area contributed by atoms with Gasteiger partial charge in [-0.25, -0.2) is 4.98 Å². The lowest BCUT2D eigenvalue weighted by Gasteiger charge is -2.19. The molecule has 3 aliphatic rings. The molecule has 1 aromatic heterocycles. The fraction of sp³-hybridized carbons (Fsp3) is 0.471. The zero-order valence-electron chi connectivity index (χ0n) is 12.7. The minimum absolute atomic E-state index is 0.303. The first-order valence-corrected chi connectivity index (χ1v) is 8.96. The van der Waals surface area contributed by atoms with E-state index in [1.807, 2.05) is 18.2 Å². The predicted molar refractivity (Wildman–Crippen MR) is 86.8 cm³/mol. The molecular weight excluding hydrogens is 312 g/mol. The Hall–Kier alpha value is -1.63. The second kappa shape index (κ2) is 5.47. The molecule has 4 heterocycles. The monoisotopic (exact) mass is 330 g/mol. The van der Waals surface area contributed by atoms with Crippen molar-refractivity contribution < 1.29 is 14.2 Å². The van der Waals surface area contributed by atoms with Crippen molar-refractivity contribution in [2.75, 3.05) is 6.79 Å². The molecule has 2 bridgehead atoms. The van der Waals surface area contributed by atoms with Gasteiger partial charge in [0.05, 0.1) is 17.9 Å². The van der Waals surface area contributed by atoms with E-state index in [2.05, 4.69) is 10.7 Å². The van der Waals surface area contributed by atoms with Crippen molar-refractivity contribution in [1.29, 1.82) is 0 Å². The SMILES string of the molecule is c1cc2c(cc1-c1nc(CNC3CC4CCC3O4)cs1)OCO2. The summed E-state index contributed by atoms with van der Waals surface area (Å²) in [5, 5.41) is 6.75. The first-order chi connectivity index (χ1) is 11.3. The molecule has 1 aromatic carbocycles. The number of thiazole rings is 1.